The van der Waals surface area contributed by atoms with Crippen LogP contribution in [0.15, 0.2) is 12.2 Å². The lowest BCUT2D eigenvalue weighted by atomic mass is 10.1. The van der Waals surface area contributed by atoms with Gasteiger partial charge in [0.15, 0.2) is 6.29 Å². The first-order valence-corrected chi connectivity index (χ1v) is 7.60. The molecule has 23 heavy (non-hydrogen) atoms. The van der Waals surface area contributed by atoms with Gasteiger partial charge in [-0.25, -0.2) is 0 Å². The second kappa shape index (κ2) is 10.3. The number of carbonyl (C=O) groups excluding carboxylic acids is 2. The Morgan fingerprint density at radius 2 is 2.04 bits per heavy atom. The Kier molecular flexibility index (Phi) is 8.78. The molecule has 132 valence electrons. The van der Waals surface area contributed by atoms with E-state index in [2.05, 4.69) is 17.2 Å². The third kappa shape index (κ3) is 8.08. The molecule has 0 aliphatic carbocycles. The van der Waals surface area contributed by atoms with Crippen LogP contribution in [0.1, 0.15) is 20.3 Å². The van der Waals surface area contributed by atoms with E-state index in [1.165, 1.54) is 6.92 Å². The van der Waals surface area contributed by atoms with Crippen LogP contribution >= 0.6 is 0 Å². The normalized spacial score (nSPS) is 24.0. The molecule has 1 rings (SSSR count). The summed E-state index contributed by atoms with van der Waals surface area (Å²) in [5.74, 6) is -0.400. The van der Waals surface area contributed by atoms with Crippen molar-refractivity contribution >= 4 is 11.8 Å². The van der Waals surface area contributed by atoms with Crippen LogP contribution in [0.4, 0.5) is 0 Å². The molecule has 1 aliphatic rings. The van der Waals surface area contributed by atoms with Gasteiger partial charge >= 0.3 is 0 Å². The molecule has 1 saturated heterocycles. The van der Waals surface area contributed by atoms with Crippen LogP contribution in [-0.2, 0) is 23.8 Å². The molecule has 0 radical (unpaired) electrons. The van der Waals surface area contributed by atoms with Gasteiger partial charge in [-0.2, -0.15) is 0 Å². The van der Waals surface area contributed by atoms with E-state index in [0.717, 1.165) is 0 Å². The van der Waals surface area contributed by atoms with Crippen LogP contribution in [-0.4, -0.2) is 68.3 Å². The fourth-order valence-electron chi connectivity index (χ4n) is 2.06. The van der Waals surface area contributed by atoms with Gasteiger partial charge in [0, 0.05) is 25.5 Å². The maximum Gasteiger partial charge on any atom is 0.246 e. The molecule has 0 aromatic carbocycles. The molecule has 8 nitrogen and oxygen atoms in total. The van der Waals surface area contributed by atoms with Crippen LogP contribution in [0.3, 0.4) is 0 Å². The molecular weight excluding hydrogens is 304 g/mol. The summed E-state index contributed by atoms with van der Waals surface area (Å²) >= 11 is 0. The molecule has 1 heterocycles. The molecule has 0 aromatic rings. The largest absolute Gasteiger partial charge is 0.391 e. The van der Waals surface area contributed by atoms with E-state index >= 15 is 0 Å². The lowest BCUT2D eigenvalue weighted by molar-refractivity contribution is -0.206. The van der Waals surface area contributed by atoms with Crippen LogP contribution in [0.25, 0.3) is 0 Å². The van der Waals surface area contributed by atoms with Crippen LogP contribution in [0.2, 0.25) is 0 Å². The van der Waals surface area contributed by atoms with Gasteiger partial charge < -0.3 is 30.0 Å². The standard InChI is InChI=1S/C15H26N2O6/c1-10(2)14(20)16-4-5-21-6-7-22-15-13(17-11(3)18)8-12(19)9-23-15/h12-13,15,19H,1,4-9H2,2-3H3,(H,16,20)(H,17,18)/t12-,13?,15-/m1/s1. The second-order valence-corrected chi connectivity index (χ2v) is 5.42. The van der Waals surface area contributed by atoms with Crippen molar-refractivity contribution in [2.45, 2.75) is 38.7 Å². The molecule has 1 aliphatic heterocycles. The zero-order valence-corrected chi connectivity index (χ0v) is 13.7. The van der Waals surface area contributed by atoms with E-state index in [1.807, 2.05) is 0 Å². The number of hydrogen-bond acceptors (Lipinski definition) is 6. The number of ether oxygens (including phenoxy) is 3. The van der Waals surface area contributed by atoms with Crippen LogP contribution in [0.5, 0.6) is 0 Å². The predicted molar refractivity (Wildman–Crippen MR) is 82.6 cm³/mol. The summed E-state index contributed by atoms with van der Waals surface area (Å²) in [5.41, 5.74) is 0.453. The predicted octanol–water partition coefficient (Wildman–Crippen LogP) is -0.676. The first kappa shape index (κ1) is 19.6. The van der Waals surface area contributed by atoms with E-state index in [0.29, 0.717) is 31.8 Å². The Labute approximate surface area is 136 Å². The van der Waals surface area contributed by atoms with Gasteiger partial charge in [-0.1, -0.05) is 6.58 Å². The molecular formula is C15H26N2O6. The van der Waals surface area contributed by atoms with Crippen LogP contribution < -0.4 is 10.6 Å². The number of amides is 2. The quantitative estimate of drug-likeness (QED) is 0.382. The van der Waals surface area contributed by atoms with Crippen LogP contribution in [0, 0.1) is 0 Å². The zero-order valence-electron chi connectivity index (χ0n) is 13.7. The molecule has 0 saturated carbocycles. The highest BCUT2D eigenvalue weighted by Gasteiger charge is 2.31. The Balaban J connectivity index is 2.14. The zero-order chi connectivity index (χ0) is 17.2. The van der Waals surface area contributed by atoms with Crippen molar-refractivity contribution in [1.29, 1.82) is 0 Å². The molecule has 3 N–H and O–H groups in total. The fraction of sp³-hybridized carbons (Fsp3) is 0.733. The highest BCUT2D eigenvalue weighted by atomic mass is 16.7. The highest BCUT2D eigenvalue weighted by molar-refractivity contribution is 5.92. The maximum atomic E-state index is 11.2. The average molecular weight is 330 g/mol. The lowest BCUT2D eigenvalue weighted by Gasteiger charge is -2.34. The molecule has 0 bridgehead atoms. The van der Waals surface area contributed by atoms with E-state index in [9.17, 15) is 14.7 Å². The summed E-state index contributed by atoms with van der Waals surface area (Å²) in [7, 11) is 0. The smallest absolute Gasteiger partial charge is 0.246 e. The van der Waals surface area contributed by atoms with Crippen molar-refractivity contribution in [1.82, 2.24) is 10.6 Å². The minimum atomic E-state index is -0.611. The van der Waals surface area contributed by atoms with Crippen molar-refractivity contribution in [2.24, 2.45) is 0 Å². The summed E-state index contributed by atoms with van der Waals surface area (Å²) in [6.07, 6.45) is -0.827. The van der Waals surface area contributed by atoms with Gasteiger partial charge in [-0.3, -0.25) is 9.59 Å². The molecule has 1 unspecified atom stereocenters. The van der Waals surface area contributed by atoms with E-state index < -0.39 is 12.4 Å². The van der Waals surface area contributed by atoms with Crippen molar-refractivity contribution in [3.05, 3.63) is 12.2 Å². The number of rotatable bonds is 9. The maximum absolute atomic E-state index is 11.2. The van der Waals surface area contributed by atoms with Gasteiger partial charge in [0.25, 0.3) is 0 Å². The highest BCUT2D eigenvalue weighted by Crippen LogP contribution is 2.15. The van der Waals surface area contributed by atoms with Gasteiger partial charge in [0.05, 0.1) is 38.6 Å². The summed E-state index contributed by atoms with van der Waals surface area (Å²) < 4.78 is 16.2. The number of aliphatic hydroxyl groups is 1. The van der Waals surface area contributed by atoms with Gasteiger partial charge in [0.2, 0.25) is 11.8 Å². The molecule has 8 heteroatoms. The van der Waals surface area contributed by atoms with Crippen molar-refractivity contribution in [2.75, 3.05) is 33.0 Å². The van der Waals surface area contributed by atoms with Gasteiger partial charge in [0.1, 0.15) is 0 Å². The minimum Gasteiger partial charge on any atom is -0.391 e. The molecule has 2 amide bonds. The first-order chi connectivity index (χ1) is 10.9. The Hall–Kier alpha value is -1.48. The Bertz CT molecular complexity index is 415. The van der Waals surface area contributed by atoms with Crippen molar-refractivity contribution in [3.8, 4) is 0 Å². The van der Waals surface area contributed by atoms with Crippen molar-refractivity contribution in [3.63, 3.8) is 0 Å². The number of nitrogens with one attached hydrogen (secondary N) is 2. The van der Waals surface area contributed by atoms with Crippen molar-refractivity contribution < 1.29 is 28.9 Å². The Morgan fingerprint density at radius 3 is 2.70 bits per heavy atom. The topological polar surface area (TPSA) is 106 Å². The second-order valence-electron chi connectivity index (χ2n) is 5.42. The third-order valence-corrected chi connectivity index (χ3v) is 3.13. The van der Waals surface area contributed by atoms with E-state index in [1.54, 1.807) is 6.92 Å². The summed E-state index contributed by atoms with van der Waals surface area (Å²) in [5, 5.41) is 14.9. The number of aliphatic hydroxyl groups excluding tert-OH is 1. The molecule has 1 fully saturated rings. The van der Waals surface area contributed by atoms with E-state index in [4.69, 9.17) is 14.2 Å². The summed E-state index contributed by atoms with van der Waals surface area (Å²) in [6, 6.07) is -0.383. The van der Waals surface area contributed by atoms with E-state index in [-0.39, 0.29) is 31.1 Å². The summed E-state index contributed by atoms with van der Waals surface area (Å²) in [4.78, 5) is 22.4. The molecule has 3 atom stereocenters. The number of carbonyl (C=O) groups is 2. The van der Waals surface area contributed by atoms with Gasteiger partial charge in [-0.15, -0.1) is 0 Å². The number of hydrogen-bond donors (Lipinski definition) is 3. The van der Waals surface area contributed by atoms with Gasteiger partial charge in [-0.05, 0) is 6.92 Å². The minimum absolute atomic E-state index is 0.175. The first-order valence-electron chi connectivity index (χ1n) is 7.60. The SMILES string of the molecule is C=C(C)C(=O)NCCOCCO[C@@H]1OC[C@H](O)CC1NC(C)=O. The molecule has 0 aromatic heterocycles. The third-order valence-electron chi connectivity index (χ3n) is 3.13. The average Bonchev–Trinajstić information content (AvgIpc) is 2.47. The summed E-state index contributed by atoms with van der Waals surface area (Å²) in [6.45, 7) is 8.12. The molecule has 0 spiro atoms. The lowest BCUT2D eigenvalue weighted by Crippen LogP contribution is -2.51. The monoisotopic (exact) mass is 330 g/mol. The Morgan fingerprint density at radius 1 is 1.30 bits per heavy atom. The fourth-order valence-corrected chi connectivity index (χ4v) is 2.06.